The van der Waals surface area contributed by atoms with Crippen molar-refractivity contribution in [1.29, 1.82) is 0 Å². The Bertz CT molecular complexity index is 1430. The van der Waals surface area contributed by atoms with E-state index in [9.17, 15) is 17.2 Å². The second-order valence-electron chi connectivity index (χ2n) is 8.33. The third-order valence-corrected chi connectivity index (χ3v) is 7.82. The number of hydrogen-bond donors (Lipinski definition) is 0. The summed E-state index contributed by atoms with van der Waals surface area (Å²) in [6, 6.07) is 14.2. The number of halogens is 2. The zero-order valence-corrected chi connectivity index (χ0v) is 19.3. The summed E-state index contributed by atoms with van der Waals surface area (Å²) in [5.74, 6) is -1.03. The Balaban J connectivity index is 1.37. The van der Waals surface area contributed by atoms with Crippen LogP contribution in [-0.4, -0.2) is 58.3 Å². The predicted octanol–water partition coefficient (Wildman–Crippen LogP) is 3.51. The summed E-state index contributed by atoms with van der Waals surface area (Å²) in [5.41, 5.74) is 3.65. The minimum atomic E-state index is -3.98. The third-order valence-electron chi connectivity index (χ3n) is 5.95. The molecule has 0 atom stereocenters. The molecule has 0 aliphatic carbocycles. The van der Waals surface area contributed by atoms with Gasteiger partial charge in [0.05, 0.1) is 11.4 Å². The van der Waals surface area contributed by atoms with Gasteiger partial charge in [-0.1, -0.05) is 17.7 Å². The van der Waals surface area contributed by atoms with Gasteiger partial charge in [0, 0.05) is 44.1 Å². The van der Waals surface area contributed by atoms with Gasteiger partial charge in [0.2, 0.25) is 10.0 Å². The van der Waals surface area contributed by atoms with Crippen LogP contribution in [0, 0.1) is 18.6 Å². The fourth-order valence-electron chi connectivity index (χ4n) is 4.19. The van der Waals surface area contributed by atoms with Gasteiger partial charge in [-0.3, -0.25) is 9.47 Å². The van der Waals surface area contributed by atoms with Crippen LogP contribution in [0.25, 0.3) is 16.9 Å². The molecule has 1 fully saturated rings. The van der Waals surface area contributed by atoms with Crippen molar-refractivity contribution < 1.29 is 17.2 Å². The number of aromatic nitrogens is 3. The number of sulfonamides is 1. The van der Waals surface area contributed by atoms with Crippen molar-refractivity contribution in [2.24, 2.45) is 0 Å². The van der Waals surface area contributed by atoms with Gasteiger partial charge in [0.1, 0.15) is 23.0 Å². The van der Waals surface area contributed by atoms with Gasteiger partial charge in [-0.25, -0.2) is 27.2 Å². The maximum Gasteiger partial charge on any atom is 0.243 e. The zero-order chi connectivity index (χ0) is 23.9. The largest absolute Gasteiger partial charge is 0.293 e. The smallest absolute Gasteiger partial charge is 0.243 e. The lowest BCUT2D eigenvalue weighted by atomic mass is 10.2. The van der Waals surface area contributed by atoms with Crippen LogP contribution in [0.2, 0.25) is 0 Å². The zero-order valence-electron chi connectivity index (χ0n) is 18.5. The van der Waals surface area contributed by atoms with Crippen molar-refractivity contribution in [3.63, 3.8) is 0 Å². The van der Waals surface area contributed by atoms with E-state index in [1.807, 2.05) is 47.9 Å². The van der Waals surface area contributed by atoms with Crippen LogP contribution in [0.5, 0.6) is 0 Å². The van der Waals surface area contributed by atoms with Gasteiger partial charge in [0.25, 0.3) is 0 Å². The summed E-state index contributed by atoms with van der Waals surface area (Å²) in [6.07, 6.45) is 1.73. The summed E-state index contributed by atoms with van der Waals surface area (Å²) in [6.45, 7) is 3.88. The Morgan fingerprint density at radius 2 is 1.62 bits per heavy atom. The molecule has 7 nitrogen and oxygen atoms in total. The van der Waals surface area contributed by atoms with Crippen LogP contribution in [0.4, 0.5) is 8.78 Å². The molecule has 176 valence electrons. The highest BCUT2D eigenvalue weighted by Gasteiger charge is 2.30. The molecule has 0 amide bonds. The van der Waals surface area contributed by atoms with Crippen LogP contribution in [0.3, 0.4) is 0 Å². The average molecular weight is 484 g/mol. The summed E-state index contributed by atoms with van der Waals surface area (Å²) >= 11 is 0. The molecular formula is C24H23F2N5O2S. The standard InChI is InChI=1S/C24H23F2N5O2S/c1-17-4-6-20(7-5-17)31-23(28-22-3-2-8-27-24(22)31)16-29-9-11-30(12-10-29)34(32,33)21-14-18(25)13-19(26)15-21/h2-8,13-15H,9-12,16H2,1H3. The van der Waals surface area contributed by atoms with E-state index in [-0.39, 0.29) is 18.0 Å². The van der Waals surface area contributed by atoms with Crippen molar-refractivity contribution in [2.45, 2.75) is 18.4 Å². The first-order valence-electron chi connectivity index (χ1n) is 10.9. The van der Waals surface area contributed by atoms with E-state index in [1.165, 1.54) is 4.31 Å². The molecule has 2 aromatic heterocycles. The summed E-state index contributed by atoms with van der Waals surface area (Å²) in [4.78, 5) is 11.0. The van der Waals surface area contributed by atoms with Gasteiger partial charge >= 0.3 is 0 Å². The van der Waals surface area contributed by atoms with Crippen molar-refractivity contribution >= 4 is 21.2 Å². The Labute approximate surface area is 196 Å². The van der Waals surface area contributed by atoms with E-state index >= 15 is 0 Å². The van der Waals surface area contributed by atoms with Crippen LogP contribution < -0.4 is 0 Å². The second-order valence-corrected chi connectivity index (χ2v) is 10.3. The normalized spacial score (nSPS) is 15.7. The lowest BCUT2D eigenvalue weighted by Crippen LogP contribution is -2.48. The van der Waals surface area contributed by atoms with E-state index in [0.717, 1.165) is 40.4 Å². The fourth-order valence-corrected chi connectivity index (χ4v) is 5.65. The predicted molar refractivity (Wildman–Crippen MR) is 124 cm³/mol. The monoisotopic (exact) mass is 483 g/mol. The first-order chi connectivity index (χ1) is 16.3. The van der Waals surface area contributed by atoms with E-state index in [1.54, 1.807) is 6.20 Å². The van der Waals surface area contributed by atoms with E-state index in [4.69, 9.17) is 4.98 Å². The average Bonchev–Trinajstić information content (AvgIpc) is 3.17. The Hall–Kier alpha value is -3.21. The topological polar surface area (TPSA) is 71.3 Å². The first-order valence-corrected chi connectivity index (χ1v) is 12.3. The summed E-state index contributed by atoms with van der Waals surface area (Å²) in [5, 5.41) is 0. The molecule has 2 aromatic carbocycles. The SMILES string of the molecule is Cc1ccc(-n2c(CN3CCN(S(=O)(=O)c4cc(F)cc(F)c4)CC3)nc3cccnc32)cc1. The van der Waals surface area contributed by atoms with Crippen molar-refractivity contribution in [3.05, 3.63) is 83.8 Å². The molecule has 0 spiro atoms. The molecular weight excluding hydrogens is 460 g/mol. The lowest BCUT2D eigenvalue weighted by Gasteiger charge is -2.33. The Morgan fingerprint density at radius 1 is 0.941 bits per heavy atom. The Morgan fingerprint density at radius 3 is 2.29 bits per heavy atom. The number of aryl methyl sites for hydroxylation is 1. The number of piperazine rings is 1. The van der Waals surface area contributed by atoms with Crippen LogP contribution >= 0.6 is 0 Å². The quantitative estimate of drug-likeness (QED) is 0.435. The van der Waals surface area contributed by atoms with E-state index in [0.29, 0.717) is 25.7 Å². The van der Waals surface area contributed by atoms with Gasteiger partial charge in [-0.2, -0.15) is 4.31 Å². The van der Waals surface area contributed by atoms with E-state index in [2.05, 4.69) is 9.88 Å². The van der Waals surface area contributed by atoms with Crippen LogP contribution in [0.1, 0.15) is 11.4 Å². The molecule has 1 aliphatic heterocycles. The van der Waals surface area contributed by atoms with Crippen molar-refractivity contribution in [3.8, 4) is 5.69 Å². The summed E-state index contributed by atoms with van der Waals surface area (Å²) < 4.78 is 56.2. The first kappa shape index (κ1) is 22.6. The molecule has 34 heavy (non-hydrogen) atoms. The molecule has 4 aromatic rings. The molecule has 1 aliphatic rings. The molecule has 0 N–H and O–H groups in total. The number of fused-ring (bicyclic) bond motifs is 1. The number of benzene rings is 2. The van der Waals surface area contributed by atoms with Gasteiger partial charge in [-0.05, 0) is 43.3 Å². The molecule has 1 saturated heterocycles. The number of hydrogen-bond acceptors (Lipinski definition) is 5. The van der Waals surface area contributed by atoms with Crippen molar-refractivity contribution in [1.82, 2.24) is 23.7 Å². The van der Waals surface area contributed by atoms with Gasteiger partial charge in [0.15, 0.2) is 5.65 Å². The third kappa shape index (κ3) is 4.31. The maximum atomic E-state index is 13.6. The second kappa shape index (κ2) is 8.86. The molecule has 0 radical (unpaired) electrons. The van der Waals surface area contributed by atoms with Gasteiger partial charge < -0.3 is 0 Å². The number of imidazole rings is 1. The lowest BCUT2D eigenvalue weighted by molar-refractivity contribution is 0.177. The summed E-state index contributed by atoms with van der Waals surface area (Å²) in [7, 11) is -3.98. The molecule has 10 heteroatoms. The fraction of sp³-hybridized carbons (Fsp3) is 0.250. The molecule has 0 bridgehead atoms. The minimum absolute atomic E-state index is 0.212. The maximum absolute atomic E-state index is 13.6. The minimum Gasteiger partial charge on any atom is -0.293 e. The van der Waals surface area contributed by atoms with Gasteiger partial charge in [-0.15, -0.1) is 0 Å². The molecule has 5 rings (SSSR count). The number of rotatable bonds is 5. The van der Waals surface area contributed by atoms with Crippen LogP contribution in [-0.2, 0) is 16.6 Å². The number of pyridine rings is 1. The molecule has 0 saturated carbocycles. The van der Waals surface area contributed by atoms with Crippen LogP contribution in [0.15, 0.2) is 65.7 Å². The molecule has 0 unspecified atom stereocenters. The highest BCUT2D eigenvalue weighted by atomic mass is 32.2. The van der Waals surface area contributed by atoms with Crippen molar-refractivity contribution in [2.75, 3.05) is 26.2 Å². The molecule has 3 heterocycles. The highest BCUT2D eigenvalue weighted by molar-refractivity contribution is 7.89. The Kier molecular flexibility index (Phi) is 5.88. The highest BCUT2D eigenvalue weighted by Crippen LogP contribution is 2.23. The number of nitrogens with zero attached hydrogens (tertiary/aromatic N) is 5. The van der Waals surface area contributed by atoms with E-state index < -0.39 is 21.7 Å².